The van der Waals surface area contributed by atoms with Gasteiger partial charge in [0.25, 0.3) is 0 Å². The van der Waals surface area contributed by atoms with Crippen LogP contribution in [0.25, 0.3) is 16.9 Å². The number of allylic oxidation sites excluding steroid dienone is 1. The first-order chi connectivity index (χ1) is 10.3. The molecule has 3 rings (SSSR count). The zero-order chi connectivity index (χ0) is 14.7. The van der Waals surface area contributed by atoms with Crippen molar-refractivity contribution >= 4 is 22.5 Å². The lowest BCUT2D eigenvalue weighted by Gasteiger charge is -2.22. The molecular formula is C17H18N4. The van der Waals surface area contributed by atoms with Crippen molar-refractivity contribution in [2.45, 2.75) is 13.3 Å². The van der Waals surface area contributed by atoms with Crippen LogP contribution in [0.1, 0.15) is 13.3 Å². The van der Waals surface area contributed by atoms with Crippen LogP contribution in [0.2, 0.25) is 0 Å². The van der Waals surface area contributed by atoms with Gasteiger partial charge in [-0.2, -0.15) is 4.68 Å². The molecule has 106 valence electrons. The van der Waals surface area contributed by atoms with Crippen LogP contribution in [-0.2, 0) is 0 Å². The smallest absolute Gasteiger partial charge is 0.132 e. The molecular weight excluding hydrogens is 260 g/mol. The van der Waals surface area contributed by atoms with Gasteiger partial charge in [-0.3, -0.25) is 0 Å². The monoisotopic (exact) mass is 278 g/mol. The fourth-order valence-electron chi connectivity index (χ4n) is 2.37. The van der Waals surface area contributed by atoms with Crippen LogP contribution >= 0.6 is 0 Å². The van der Waals surface area contributed by atoms with Gasteiger partial charge in [-0.25, -0.2) is 0 Å². The Morgan fingerprint density at radius 1 is 1.10 bits per heavy atom. The van der Waals surface area contributed by atoms with Crippen molar-refractivity contribution < 1.29 is 0 Å². The van der Waals surface area contributed by atoms with Gasteiger partial charge < -0.3 is 4.90 Å². The third kappa shape index (κ3) is 2.52. The van der Waals surface area contributed by atoms with Crippen molar-refractivity contribution in [3.05, 3.63) is 60.7 Å². The molecule has 0 saturated heterocycles. The van der Waals surface area contributed by atoms with Crippen LogP contribution in [0.15, 0.2) is 60.7 Å². The molecule has 1 heterocycles. The van der Waals surface area contributed by atoms with Gasteiger partial charge in [-0.1, -0.05) is 42.5 Å². The molecule has 0 N–H and O–H groups in total. The molecule has 0 unspecified atom stereocenters. The fraction of sp³-hybridized carbons (Fsp3) is 0.176. The summed E-state index contributed by atoms with van der Waals surface area (Å²) in [4.78, 5) is 2.13. The van der Waals surface area contributed by atoms with E-state index >= 15 is 0 Å². The Hall–Kier alpha value is -2.62. The zero-order valence-electron chi connectivity index (χ0n) is 12.3. The van der Waals surface area contributed by atoms with Crippen molar-refractivity contribution in [2.24, 2.45) is 0 Å². The maximum Gasteiger partial charge on any atom is 0.132 e. The number of benzene rings is 2. The van der Waals surface area contributed by atoms with E-state index in [1.165, 1.54) is 0 Å². The SMILES string of the molecule is CC/C=C(\N(C)c1ccccc1)n1nnc2ccccc21. The van der Waals surface area contributed by atoms with Crippen LogP contribution in [0, 0.1) is 0 Å². The summed E-state index contributed by atoms with van der Waals surface area (Å²) >= 11 is 0. The van der Waals surface area contributed by atoms with Crippen molar-refractivity contribution in [3.8, 4) is 0 Å². The maximum absolute atomic E-state index is 4.32. The molecule has 0 atom stereocenters. The molecule has 0 bridgehead atoms. The van der Waals surface area contributed by atoms with Gasteiger partial charge in [-0.05, 0) is 36.8 Å². The molecule has 0 saturated carbocycles. The van der Waals surface area contributed by atoms with Gasteiger partial charge in [-0.15, -0.1) is 5.10 Å². The van der Waals surface area contributed by atoms with Crippen molar-refractivity contribution in [2.75, 3.05) is 11.9 Å². The lowest BCUT2D eigenvalue weighted by molar-refractivity contribution is 0.812. The van der Waals surface area contributed by atoms with Crippen LogP contribution in [0.3, 0.4) is 0 Å². The number of para-hydroxylation sites is 2. The topological polar surface area (TPSA) is 34.0 Å². The van der Waals surface area contributed by atoms with Crippen molar-refractivity contribution in [1.82, 2.24) is 15.0 Å². The molecule has 0 fully saturated rings. The second-order valence-corrected chi connectivity index (χ2v) is 4.86. The van der Waals surface area contributed by atoms with Gasteiger partial charge in [0.05, 0.1) is 5.52 Å². The van der Waals surface area contributed by atoms with E-state index in [0.29, 0.717) is 0 Å². The van der Waals surface area contributed by atoms with E-state index in [0.717, 1.165) is 29.0 Å². The Labute approximate surface area is 124 Å². The number of fused-ring (bicyclic) bond motifs is 1. The predicted octanol–water partition coefficient (Wildman–Crippen LogP) is 3.78. The highest BCUT2D eigenvalue weighted by Gasteiger charge is 2.13. The van der Waals surface area contributed by atoms with Gasteiger partial charge >= 0.3 is 0 Å². The molecule has 0 aliphatic carbocycles. The molecule has 1 aromatic heterocycles. The molecule has 4 heteroatoms. The second kappa shape index (κ2) is 5.79. The molecule has 0 aliphatic rings. The lowest BCUT2D eigenvalue weighted by atomic mass is 10.3. The fourth-order valence-corrected chi connectivity index (χ4v) is 2.37. The summed E-state index contributed by atoms with van der Waals surface area (Å²) < 4.78 is 1.89. The van der Waals surface area contributed by atoms with E-state index in [1.54, 1.807) is 0 Å². The quantitative estimate of drug-likeness (QED) is 0.728. The Bertz CT molecular complexity index is 759. The molecule has 0 aliphatic heterocycles. The number of hydrogen-bond acceptors (Lipinski definition) is 3. The first-order valence-corrected chi connectivity index (χ1v) is 7.11. The summed E-state index contributed by atoms with van der Waals surface area (Å²) in [6.07, 6.45) is 3.09. The van der Waals surface area contributed by atoms with E-state index in [9.17, 15) is 0 Å². The van der Waals surface area contributed by atoms with E-state index in [1.807, 2.05) is 54.2 Å². The summed E-state index contributed by atoms with van der Waals surface area (Å²) in [6, 6.07) is 18.3. The highest BCUT2D eigenvalue weighted by molar-refractivity contribution is 5.80. The Kier molecular flexibility index (Phi) is 3.69. The molecule has 21 heavy (non-hydrogen) atoms. The number of nitrogens with zero attached hydrogens (tertiary/aromatic N) is 4. The Morgan fingerprint density at radius 3 is 2.57 bits per heavy atom. The maximum atomic E-state index is 4.32. The van der Waals surface area contributed by atoms with Crippen LogP contribution in [-0.4, -0.2) is 22.0 Å². The Balaban J connectivity index is 2.09. The molecule has 4 nitrogen and oxygen atoms in total. The number of hydrogen-bond donors (Lipinski definition) is 0. The highest BCUT2D eigenvalue weighted by Crippen LogP contribution is 2.23. The van der Waals surface area contributed by atoms with Gasteiger partial charge in [0.2, 0.25) is 0 Å². The summed E-state index contributed by atoms with van der Waals surface area (Å²) in [6.45, 7) is 2.12. The third-order valence-electron chi connectivity index (χ3n) is 3.44. The summed E-state index contributed by atoms with van der Waals surface area (Å²) in [5.74, 6) is 1.01. The highest BCUT2D eigenvalue weighted by atomic mass is 15.5. The third-order valence-corrected chi connectivity index (χ3v) is 3.44. The molecule has 0 radical (unpaired) electrons. The van der Waals surface area contributed by atoms with Gasteiger partial charge in [0.1, 0.15) is 11.3 Å². The standard InChI is InChI=1S/C17H18N4/c1-3-9-17(20(2)14-10-5-4-6-11-14)21-16-13-8-7-12-15(16)18-19-21/h4-13H,3H2,1-2H3/b17-9+. The minimum absolute atomic E-state index is 0.904. The first kappa shape index (κ1) is 13.4. The normalized spacial score (nSPS) is 11.8. The summed E-state index contributed by atoms with van der Waals surface area (Å²) in [5, 5.41) is 8.56. The van der Waals surface area contributed by atoms with Crippen molar-refractivity contribution in [1.29, 1.82) is 0 Å². The summed E-state index contributed by atoms with van der Waals surface area (Å²) in [7, 11) is 2.05. The van der Waals surface area contributed by atoms with Crippen LogP contribution < -0.4 is 4.90 Å². The van der Waals surface area contributed by atoms with Gasteiger partial charge in [0, 0.05) is 12.7 Å². The lowest BCUT2D eigenvalue weighted by Crippen LogP contribution is -2.21. The zero-order valence-corrected chi connectivity index (χ0v) is 12.3. The van der Waals surface area contributed by atoms with Crippen LogP contribution in [0.5, 0.6) is 0 Å². The average Bonchev–Trinajstić information content (AvgIpc) is 2.97. The van der Waals surface area contributed by atoms with E-state index < -0.39 is 0 Å². The minimum atomic E-state index is 0.904. The molecule has 0 amide bonds. The largest absolute Gasteiger partial charge is 0.330 e. The van der Waals surface area contributed by atoms with Crippen molar-refractivity contribution in [3.63, 3.8) is 0 Å². The van der Waals surface area contributed by atoms with E-state index in [2.05, 4.69) is 40.3 Å². The van der Waals surface area contributed by atoms with E-state index in [-0.39, 0.29) is 0 Å². The Morgan fingerprint density at radius 2 is 1.81 bits per heavy atom. The molecule has 2 aromatic carbocycles. The van der Waals surface area contributed by atoms with Crippen LogP contribution in [0.4, 0.5) is 5.69 Å². The number of anilines is 1. The van der Waals surface area contributed by atoms with E-state index in [4.69, 9.17) is 0 Å². The number of aromatic nitrogens is 3. The minimum Gasteiger partial charge on any atom is -0.330 e. The average molecular weight is 278 g/mol. The second-order valence-electron chi connectivity index (χ2n) is 4.86. The molecule has 3 aromatic rings. The summed E-state index contributed by atoms with van der Waals surface area (Å²) in [5.41, 5.74) is 3.04. The van der Waals surface area contributed by atoms with Gasteiger partial charge in [0.15, 0.2) is 0 Å². The predicted molar refractivity (Wildman–Crippen MR) is 86.9 cm³/mol. The molecule has 0 spiro atoms. The first-order valence-electron chi connectivity index (χ1n) is 7.11. The number of rotatable bonds is 4.